The van der Waals surface area contributed by atoms with Gasteiger partial charge in [-0.3, -0.25) is 9.59 Å². The molecule has 10 heteroatoms. The lowest BCUT2D eigenvalue weighted by Gasteiger charge is -2.15. The van der Waals surface area contributed by atoms with Crippen molar-refractivity contribution in [1.29, 1.82) is 0 Å². The molecular weight excluding hydrogens is 538 g/mol. The van der Waals surface area contributed by atoms with E-state index in [0.29, 0.717) is 28.1 Å². The predicted molar refractivity (Wildman–Crippen MR) is 141 cm³/mol. The molecule has 0 radical (unpaired) electrons. The lowest BCUT2D eigenvalue weighted by Crippen LogP contribution is -2.28. The van der Waals surface area contributed by atoms with E-state index in [1.165, 1.54) is 11.8 Å². The Morgan fingerprint density at radius 1 is 1.18 bits per heavy atom. The highest BCUT2D eigenvalue weighted by Gasteiger charge is 2.20. The summed E-state index contributed by atoms with van der Waals surface area (Å²) < 4.78 is 2.84. The van der Waals surface area contributed by atoms with Gasteiger partial charge in [0.2, 0.25) is 5.91 Å². The number of allylic oxidation sites excluding steroid dienone is 1. The highest BCUT2D eigenvalue weighted by atomic mass is 79.9. The van der Waals surface area contributed by atoms with Gasteiger partial charge >= 0.3 is 0 Å². The molecule has 1 aromatic heterocycles. The normalized spacial score (nSPS) is 11.7. The summed E-state index contributed by atoms with van der Waals surface area (Å²) >= 11 is 10.7. The van der Waals surface area contributed by atoms with E-state index in [0.717, 1.165) is 21.3 Å². The number of rotatable bonds is 9. The van der Waals surface area contributed by atoms with Crippen LogP contribution in [-0.4, -0.2) is 32.3 Å². The molecule has 0 saturated carbocycles. The highest BCUT2D eigenvalue weighted by Crippen LogP contribution is 2.27. The third kappa shape index (κ3) is 6.28. The maximum absolute atomic E-state index is 12.6. The molecule has 0 unspecified atom stereocenters. The first-order valence-corrected chi connectivity index (χ1v) is 12.7. The number of carbonyl (C=O) groups is 2. The summed E-state index contributed by atoms with van der Waals surface area (Å²) in [5.41, 5.74) is 3.36. The minimum absolute atomic E-state index is 0.145. The fourth-order valence-corrected chi connectivity index (χ4v) is 4.52. The van der Waals surface area contributed by atoms with Gasteiger partial charge in [0.25, 0.3) is 5.91 Å². The van der Waals surface area contributed by atoms with Crippen LogP contribution in [0.15, 0.2) is 58.7 Å². The van der Waals surface area contributed by atoms with E-state index >= 15 is 0 Å². The molecule has 0 aliphatic heterocycles. The van der Waals surface area contributed by atoms with Crippen LogP contribution < -0.4 is 10.6 Å². The van der Waals surface area contributed by atoms with Crippen molar-refractivity contribution in [3.63, 3.8) is 0 Å². The number of nitrogens with zero attached hydrogens (tertiary/aromatic N) is 3. The van der Waals surface area contributed by atoms with Crippen molar-refractivity contribution in [2.45, 2.75) is 38.5 Å². The second kappa shape index (κ2) is 11.7. The highest BCUT2D eigenvalue weighted by molar-refractivity contribution is 9.10. The van der Waals surface area contributed by atoms with Crippen molar-refractivity contribution in [3.8, 4) is 0 Å². The Kier molecular flexibility index (Phi) is 8.93. The van der Waals surface area contributed by atoms with Gasteiger partial charge in [-0.2, -0.15) is 0 Å². The molecule has 0 fully saturated rings. The minimum Gasteiger partial charge on any atom is -0.342 e. The van der Waals surface area contributed by atoms with Crippen LogP contribution in [0.2, 0.25) is 5.02 Å². The zero-order valence-electron chi connectivity index (χ0n) is 19.1. The summed E-state index contributed by atoms with van der Waals surface area (Å²) in [6, 6.07) is 10.0. The molecule has 0 saturated heterocycles. The molecule has 2 amide bonds. The monoisotopic (exact) mass is 561 g/mol. The maximum Gasteiger partial charge on any atom is 0.251 e. The van der Waals surface area contributed by atoms with Crippen LogP contribution >= 0.6 is 39.3 Å². The number of aromatic nitrogens is 3. The molecule has 2 N–H and O–H groups in total. The Hall–Kier alpha value is -2.62. The third-order valence-corrected chi connectivity index (χ3v) is 7.30. The maximum atomic E-state index is 12.6. The van der Waals surface area contributed by atoms with Crippen LogP contribution in [0.1, 0.15) is 40.3 Å². The second-order valence-corrected chi connectivity index (χ2v) is 9.86. The lowest BCUT2D eigenvalue weighted by atomic mass is 10.1. The van der Waals surface area contributed by atoms with Crippen LogP contribution in [-0.2, 0) is 11.3 Å². The van der Waals surface area contributed by atoms with E-state index in [1.54, 1.807) is 30.3 Å². The number of halogens is 2. The largest absolute Gasteiger partial charge is 0.342 e. The summed E-state index contributed by atoms with van der Waals surface area (Å²) in [6.07, 6.45) is 1.72. The summed E-state index contributed by atoms with van der Waals surface area (Å²) in [6.45, 7) is 10.0. The number of thioether (sulfide) groups is 1. The Morgan fingerprint density at radius 2 is 1.88 bits per heavy atom. The number of nitrogens with one attached hydrogen (secondary N) is 2. The number of hydrogen-bond acceptors (Lipinski definition) is 5. The Balaban J connectivity index is 1.67. The number of benzene rings is 2. The summed E-state index contributed by atoms with van der Waals surface area (Å²) in [5, 5.41) is 15.5. The average molecular weight is 563 g/mol. The number of anilines is 1. The molecule has 2 aromatic carbocycles. The molecule has 178 valence electrons. The molecule has 0 bridgehead atoms. The smallest absolute Gasteiger partial charge is 0.251 e. The Bertz CT molecular complexity index is 1210. The van der Waals surface area contributed by atoms with Crippen LogP contribution in [0.4, 0.5) is 5.69 Å². The first kappa shape index (κ1) is 26.0. The van der Waals surface area contributed by atoms with Gasteiger partial charge in [0, 0.05) is 27.3 Å². The second-order valence-electron chi connectivity index (χ2n) is 7.62. The number of carbonyl (C=O) groups excluding carboxylic acids is 2. The minimum atomic E-state index is -0.410. The number of amides is 2. The van der Waals surface area contributed by atoms with E-state index in [4.69, 9.17) is 11.6 Å². The summed E-state index contributed by atoms with van der Waals surface area (Å²) in [5.74, 6) is 0.346. The van der Waals surface area contributed by atoms with Crippen molar-refractivity contribution >= 4 is 56.8 Å². The fourth-order valence-electron chi connectivity index (χ4n) is 3.21. The molecule has 34 heavy (non-hydrogen) atoms. The van der Waals surface area contributed by atoms with Gasteiger partial charge < -0.3 is 15.2 Å². The van der Waals surface area contributed by atoms with Crippen LogP contribution in [0.3, 0.4) is 0 Å². The van der Waals surface area contributed by atoms with Gasteiger partial charge in [-0.1, -0.05) is 45.4 Å². The SMILES string of the molecule is C=CCn1c(SCC(=O)Nc2ccc(Br)c(C)c2C)nnc1[C@@H](C)NC(=O)c1ccc(Cl)cc1. The average Bonchev–Trinajstić information content (AvgIpc) is 3.21. The molecule has 3 aromatic rings. The topological polar surface area (TPSA) is 88.9 Å². The summed E-state index contributed by atoms with van der Waals surface area (Å²) in [4.78, 5) is 25.2. The predicted octanol–water partition coefficient (Wildman–Crippen LogP) is 5.72. The molecule has 7 nitrogen and oxygen atoms in total. The molecule has 1 atom stereocenters. The van der Waals surface area contributed by atoms with Gasteiger partial charge in [0.1, 0.15) is 0 Å². The van der Waals surface area contributed by atoms with Gasteiger partial charge in [-0.25, -0.2) is 0 Å². The van der Waals surface area contributed by atoms with Gasteiger partial charge in [0.05, 0.1) is 11.8 Å². The third-order valence-electron chi connectivity index (χ3n) is 5.23. The fraction of sp³-hybridized carbons (Fsp3) is 0.250. The molecular formula is C24H25BrClN5O2S. The molecule has 3 rings (SSSR count). The first-order chi connectivity index (χ1) is 16.2. The molecule has 0 spiro atoms. The quantitative estimate of drug-likeness (QED) is 0.257. The van der Waals surface area contributed by atoms with E-state index < -0.39 is 6.04 Å². The lowest BCUT2D eigenvalue weighted by molar-refractivity contribution is -0.113. The van der Waals surface area contributed by atoms with Crippen molar-refractivity contribution in [2.75, 3.05) is 11.1 Å². The number of hydrogen-bond donors (Lipinski definition) is 2. The summed E-state index contributed by atoms with van der Waals surface area (Å²) in [7, 11) is 0. The standard InChI is InChI=1S/C24H25BrClN5O2S/c1-5-12-31-22(16(4)27-23(33)17-6-8-18(26)9-7-17)29-30-24(31)34-13-21(32)28-20-11-10-19(25)14(2)15(20)3/h5-11,16H,1,12-13H2,2-4H3,(H,27,33)(H,28,32)/t16-/m1/s1. The van der Waals surface area contributed by atoms with Crippen molar-refractivity contribution in [3.05, 3.63) is 81.1 Å². The Morgan fingerprint density at radius 3 is 2.56 bits per heavy atom. The first-order valence-electron chi connectivity index (χ1n) is 10.5. The van der Waals surface area contributed by atoms with E-state index in [2.05, 4.69) is 43.3 Å². The van der Waals surface area contributed by atoms with Crippen molar-refractivity contribution < 1.29 is 9.59 Å². The van der Waals surface area contributed by atoms with E-state index in [-0.39, 0.29) is 17.6 Å². The van der Waals surface area contributed by atoms with Crippen LogP contribution in [0, 0.1) is 13.8 Å². The van der Waals surface area contributed by atoms with E-state index in [1.807, 2.05) is 37.5 Å². The molecule has 0 aliphatic carbocycles. The van der Waals surface area contributed by atoms with Gasteiger partial charge in [-0.15, -0.1) is 16.8 Å². The molecule has 0 aliphatic rings. The zero-order valence-corrected chi connectivity index (χ0v) is 22.2. The van der Waals surface area contributed by atoms with Crippen LogP contribution in [0.5, 0.6) is 0 Å². The van der Waals surface area contributed by atoms with Crippen molar-refractivity contribution in [2.24, 2.45) is 0 Å². The van der Waals surface area contributed by atoms with Gasteiger partial charge in [0.15, 0.2) is 11.0 Å². The van der Waals surface area contributed by atoms with Gasteiger partial charge in [-0.05, 0) is 68.3 Å². The molecule has 1 heterocycles. The van der Waals surface area contributed by atoms with Crippen molar-refractivity contribution in [1.82, 2.24) is 20.1 Å². The Labute approximate surface area is 216 Å². The zero-order chi connectivity index (χ0) is 24.8. The van der Waals surface area contributed by atoms with E-state index in [9.17, 15) is 9.59 Å². The van der Waals surface area contributed by atoms with Crippen LogP contribution in [0.25, 0.3) is 0 Å².